The molecule has 0 spiro atoms. The number of amides is 3. The van der Waals surface area contributed by atoms with Crippen LogP contribution < -0.4 is 15.4 Å². The molecule has 3 amide bonds. The molecule has 0 aliphatic heterocycles. The molecule has 0 bridgehead atoms. The predicted molar refractivity (Wildman–Crippen MR) is 83.3 cm³/mol. The number of urea groups is 1. The minimum absolute atomic E-state index is 0.0384. The van der Waals surface area contributed by atoms with Gasteiger partial charge in [-0.15, -0.1) is 0 Å². The summed E-state index contributed by atoms with van der Waals surface area (Å²) in [6, 6.07) is 2.64. The molecule has 136 valence electrons. The number of nitrogens with one attached hydrogen (secondary N) is 2. The molecule has 0 aliphatic carbocycles. The van der Waals surface area contributed by atoms with Crippen molar-refractivity contribution in [1.29, 1.82) is 0 Å². The van der Waals surface area contributed by atoms with Crippen LogP contribution in [0.3, 0.4) is 0 Å². The molecule has 25 heavy (non-hydrogen) atoms. The molecule has 0 radical (unpaired) electrons. The summed E-state index contributed by atoms with van der Waals surface area (Å²) in [6.07, 6.45) is 0. The normalized spacial score (nSPS) is 9.84. The Morgan fingerprint density at radius 2 is 1.96 bits per heavy atom. The van der Waals surface area contributed by atoms with E-state index >= 15 is 0 Å². The van der Waals surface area contributed by atoms with Gasteiger partial charge in [0.1, 0.15) is 0 Å². The van der Waals surface area contributed by atoms with E-state index in [0.717, 1.165) is 19.2 Å². The van der Waals surface area contributed by atoms with Crippen LogP contribution in [0.2, 0.25) is 0 Å². The number of carbonyl (C=O) groups is 3. The summed E-state index contributed by atoms with van der Waals surface area (Å²) in [7, 11) is 2.59. The summed E-state index contributed by atoms with van der Waals surface area (Å²) in [6.45, 7) is -0.149. The molecule has 2 N–H and O–H groups in total. The van der Waals surface area contributed by atoms with Crippen LogP contribution in [-0.2, 0) is 14.3 Å². The average molecular weight is 355 g/mol. The monoisotopic (exact) mass is 355 g/mol. The number of hydrogen-bond donors (Lipinski definition) is 2. The standard InChI is InChI=1S/C14H17N3O8/c1-23-6-5-15-14(20)16-12(18)8-25-11-4-3-9(13(19)24-2)7-10(11)17(21)22/h3-4,7H,5-6,8H2,1-2H3,(H2,15,16,18,20). The van der Waals surface area contributed by atoms with Crippen molar-refractivity contribution < 1.29 is 33.5 Å². The van der Waals surface area contributed by atoms with E-state index in [1.54, 1.807) is 0 Å². The van der Waals surface area contributed by atoms with Crippen molar-refractivity contribution >= 4 is 23.6 Å². The van der Waals surface area contributed by atoms with Crippen molar-refractivity contribution in [2.45, 2.75) is 0 Å². The highest BCUT2D eigenvalue weighted by Gasteiger charge is 2.20. The number of rotatable bonds is 8. The van der Waals surface area contributed by atoms with Crippen molar-refractivity contribution in [3.63, 3.8) is 0 Å². The van der Waals surface area contributed by atoms with E-state index in [0.29, 0.717) is 0 Å². The third kappa shape index (κ3) is 6.43. The van der Waals surface area contributed by atoms with E-state index in [4.69, 9.17) is 9.47 Å². The lowest BCUT2D eigenvalue weighted by molar-refractivity contribution is -0.385. The lowest BCUT2D eigenvalue weighted by atomic mass is 10.2. The first-order chi connectivity index (χ1) is 11.9. The van der Waals surface area contributed by atoms with Gasteiger partial charge in [0.25, 0.3) is 5.91 Å². The van der Waals surface area contributed by atoms with Gasteiger partial charge < -0.3 is 19.5 Å². The van der Waals surface area contributed by atoms with Crippen LogP contribution >= 0.6 is 0 Å². The fourth-order valence-corrected chi connectivity index (χ4v) is 1.64. The van der Waals surface area contributed by atoms with Gasteiger partial charge in [-0.05, 0) is 12.1 Å². The summed E-state index contributed by atoms with van der Waals surface area (Å²) in [5, 5.41) is 15.4. The molecule has 0 saturated carbocycles. The van der Waals surface area contributed by atoms with Gasteiger partial charge in [-0.1, -0.05) is 0 Å². The highest BCUT2D eigenvalue weighted by atomic mass is 16.6. The number of hydrogen-bond acceptors (Lipinski definition) is 8. The van der Waals surface area contributed by atoms with E-state index in [2.05, 4.69) is 10.1 Å². The number of imide groups is 1. The molecular weight excluding hydrogens is 338 g/mol. The van der Waals surface area contributed by atoms with Crippen LogP contribution in [-0.4, -0.2) is 56.8 Å². The topological polar surface area (TPSA) is 146 Å². The second kappa shape index (κ2) is 9.82. The molecule has 0 heterocycles. The van der Waals surface area contributed by atoms with E-state index in [1.165, 1.54) is 13.2 Å². The number of esters is 1. The minimum atomic E-state index is -0.804. The summed E-state index contributed by atoms with van der Waals surface area (Å²) in [5.74, 6) is -1.78. The van der Waals surface area contributed by atoms with Gasteiger partial charge in [0.05, 0.1) is 24.2 Å². The van der Waals surface area contributed by atoms with Crippen LogP contribution in [0.1, 0.15) is 10.4 Å². The molecule has 1 aromatic carbocycles. The van der Waals surface area contributed by atoms with E-state index in [1.807, 2.05) is 5.32 Å². The Morgan fingerprint density at radius 3 is 2.56 bits per heavy atom. The number of methoxy groups -OCH3 is 2. The highest BCUT2D eigenvalue weighted by Crippen LogP contribution is 2.28. The Balaban J connectivity index is 2.67. The SMILES string of the molecule is COCCNC(=O)NC(=O)COc1ccc(C(=O)OC)cc1[N+](=O)[O-]. The molecule has 11 heteroatoms. The van der Waals surface area contributed by atoms with Gasteiger partial charge in [0, 0.05) is 19.7 Å². The predicted octanol–water partition coefficient (Wildman–Crippen LogP) is 0.232. The average Bonchev–Trinajstić information content (AvgIpc) is 2.59. The third-order valence-electron chi connectivity index (χ3n) is 2.78. The van der Waals surface area contributed by atoms with Gasteiger partial charge in [-0.2, -0.15) is 0 Å². The highest BCUT2D eigenvalue weighted by molar-refractivity contribution is 5.95. The van der Waals surface area contributed by atoms with Crippen LogP contribution in [0.15, 0.2) is 18.2 Å². The summed E-state index contributed by atoms with van der Waals surface area (Å²) in [5.41, 5.74) is -0.552. The van der Waals surface area contributed by atoms with E-state index < -0.39 is 35.1 Å². The second-order valence-electron chi connectivity index (χ2n) is 4.52. The van der Waals surface area contributed by atoms with Crippen LogP contribution in [0.4, 0.5) is 10.5 Å². The second-order valence-corrected chi connectivity index (χ2v) is 4.52. The number of nitro benzene ring substituents is 1. The Labute approximate surface area is 142 Å². The zero-order chi connectivity index (χ0) is 18.8. The lowest BCUT2D eigenvalue weighted by Gasteiger charge is -2.09. The zero-order valence-corrected chi connectivity index (χ0v) is 13.6. The van der Waals surface area contributed by atoms with Crippen molar-refractivity contribution in [2.75, 3.05) is 34.0 Å². The summed E-state index contributed by atoms with van der Waals surface area (Å²) >= 11 is 0. The first-order valence-electron chi connectivity index (χ1n) is 6.95. The molecule has 0 atom stereocenters. The summed E-state index contributed by atoms with van der Waals surface area (Å²) < 4.78 is 14.2. The number of ether oxygens (including phenoxy) is 3. The van der Waals surface area contributed by atoms with Gasteiger partial charge in [-0.3, -0.25) is 20.2 Å². The Morgan fingerprint density at radius 1 is 1.24 bits per heavy atom. The number of nitro groups is 1. The van der Waals surface area contributed by atoms with Gasteiger partial charge in [0.2, 0.25) is 0 Å². The Hall–Kier alpha value is -3.21. The van der Waals surface area contributed by atoms with Gasteiger partial charge in [-0.25, -0.2) is 9.59 Å². The van der Waals surface area contributed by atoms with Crippen molar-refractivity contribution in [2.24, 2.45) is 0 Å². The maximum Gasteiger partial charge on any atom is 0.338 e. The molecular formula is C14H17N3O8. The van der Waals surface area contributed by atoms with Crippen LogP contribution in [0, 0.1) is 10.1 Å². The number of benzene rings is 1. The molecule has 0 fully saturated rings. The van der Waals surface area contributed by atoms with Crippen molar-refractivity contribution in [1.82, 2.24) is 10.6 Å². The lowest BCUT2D eigenvalue weighted by Crippen LogP contribution is -2.42. The fraction of sp³-hybridized carbons (Fsp3) is 0.357. The third-order valence-corrected chi connectivity index (χ3v) is 2.78. The molecule has 11 nitrogen and oxygen atoms in total. The maximum absolute atomic E-state index is 11.6. The Kier molecular flexibility index (Phi) is 7.79. The van der Waals surface area contributed by atoms with E-state index in [9.17, 15) is 24.5 Å². The largest absolute Gasteiger partial charge is 0.477 e. The number of nitrogens with zero attached hydrogens (tertiary/aromatic N) is 1. The first kappa shape index (κ1) is 19.8. The number of carbonyl (C=O) groups excluding carboxylic acids is 3. The van der Waals surface area contributed by atoms with Gasteiger partial charge in [0.15, 0.2) is 12.4 Å². The molecule has 0 aromatic heterocycles. The Bertz CT molecular complexity index is 661. The zero-order valence-electron chi connectivity index (χ0n) is 13.6. The van der Waals surface area contributed by atoms with E-state index in [-0.39, 0.29) is 24.5 Å². The molecule has 0 saturated heterocycles. The van der Waals surface area contributed by atoms with Crippen LogP contribution in [0.25, 0.3) is 0 Å². The molecule has 0 aliphatic rings. The maximum atomic E-state index is 11.6. The fourth-order valence-electron chi connectivity index (χ4n) is 1.64. The minimum Gasteiger partial charge on any atom is -0.477 e. The van der Waals surface area contributed by atoms with Crippen LogP contribution in [0.5, 0.6) is 5.75 Å². The summed E-state index contributed by atoms with van der Waals surface area (Å²) in [4.78, 5) is 44.6. The van der Waals surface area contributed by atoms with Gasteiger partial charge >= 0.3 is 17.7 Å². The van der Waals surface area contributed by atoms with Crippen molar-refractivity contribution in [3.05, 3.63) is 33.9 Å². The molecule has 1 aromatic rings. The van der Waals surface area contributed by atoms with Crippen molar-refractivity contribution in [3.8, 4) is 5.75 Å². The molecule has 0 unspecified atom stereocenters. The quantitative estimate of drug-likeness (QED) is 0.292. The first-order valence-corrected chi connectivity index (χ1v) is 6.95. The molecule has 1 rings (SSSR count). The smallest absolute Gasteiger partial charge is 0.338 e.